The van der Waals surface area contributed by atoms with Gasteiger partial charge >= 0.3 is 17.9 Å². The minimum absolute atomic E-state index is 0.177. The molecule has 9 nitrogen and oxygen atoms in total. The van der Waals surface area contributed by atoms with Gasteiger partial charge < -0.3 is 28.5 Å². The van der Waals surface area contributed by atoms with Crippen LogP contribution in [0.3, 0.4) is 0 Å². The number of carbonyl (C=O) groups is 3. The molecule has 0 saturated carbocycles. The van der Waals surface area contributed by atoms with E-state index in [1.165, 1.54) is 244 Å². The third-order valence-corrected chi connectivity index (χ3v) is 14.5. The summed E-state index contributed by atoms with van der Waals surface area (Å²) in [5.41, 5.74) is 0. The number of aliphatic carboxylic acids is 1. The maximum absolute atomic E-state index is 12.9. The third kappa shape index (κ3) is 57.6. The minimum Gasteiger partial charge on any atom is -0.477 e. The number of carbonyl (C=O) groups excluding carboxylic acids is 2. The summed E-state index contributed by atoms with van der Waals surface area (Å²) in [4.78, 5) is 37.4. The van der Waals surface area contributed by atoms with Gasteiger partial charge in [0.25, 0.3) is 6.29 Å². The summed E-state index contributed by atoms with van der Waals surface area (Å²) in [6.07, 6.45) is 63.2. The fourth-order valence-corrected chi connectivity index (χ4v) is 9.60. The topological polar surface area (TPSA) is 108 Å². The number of hydrogen-bond donors (Lipinski definition) is 1. The first-order chi connectivity index (χ1) is 35.6. The molecule has 0 fully saturated rings. The van der Waals surface area contributed by atoms with Gasteiger partial charge in [0.15, 0.2) is 6.10 Å². The fourth-order valence-electron chi connectivity index (χ4n) is 9.60. The van der Waals surface area contributed by atoms with E-state index < -0.39 is 24.3 Å². The van der Waals surface area contributed by atoms with Crippen LogP contribution in [0, 0.1) is 0 Å². The Bertz CT molecular complexity index is 1200. The number of quaternary nitrogens is 1. The normalized spacial score (nSPS) is 12.7. The van der Waals surface area contributed by atoms with Gasteiger partial charge in [0.1, 0.15) is 13.2 Å². The summed E-state index contributed by atoms with van der Waals surface area (Å²) in [7, 11) is 5.98. The van der Waals surface area contributed by atoms with Crippen molar-refractivity contribution in [3.05, 3.63) is 12.2 Å². The van der Waals surface area contributed by atoms with E-state index in [0.29, 0.717) is 17.4 Å². The van der Waals surface area contributed by atoms with Gasteiger partial charge in [-0.25, -0.2) is 4.79 Å². The molecular formula is C64H124NO8+. The van der Waals surface area contributed by atoms with E-state index in [1.54, 1.807) is 0 Å². The molecule has 1 N–H and O–H groups in total. The maximum Gasteiger partial charge on any atom is 0.361 e. The van der Waals surface area contributed by atoms with Crippen molar-refractivity contribution in [3.63, 3.8) is 0 Å². The molecule has 0 aromatic heterocycles. The van der Waals surface area contributed by atoms with Gasteiger partial charge in [0.05, 0.1) is 34.4 Å². The van der Waals surface area contributed by atoms with Crippen LogP contribution in [0.25, 0.3) is 0 Å². The van der Waals surface area contributed by atoms with Crippen molar-refractivity contribution in [3.8, 4) is 0 Å². The van der Waals surface area contributed by atoms with E-state index in [9.17, 15) is 19.5 Å². The Labute approximate surface area is 453 Å². The summed E-state index contributed by atoms with van der Waals surface area (Å²) in [5.74, 6) is -1.99. The number of nitrogens with zero attached hydrogens (tertiary/aromatic N) is 1. The molecule has 0 aromatic carbocycles. The van der Waals surface area contributed by atoms with E-state index >= 15 is 0 Å². The largest absolute Gasteiger partial charge is 0.477 e. The fraction of sp³-hybridized carbons (Fsp3) is 0.922. The number of likely N-dealkylation sites (N-methyl/N-ethyl adjacent to an activating group) is 1. The molecule has 0 aliphatic rings. The van der Waals surface area contributed by atoms with Crippen LogP contribution in [0.2, 0.25) is 0 Å². The summed E-state index contributed by atoms with van der Waals surface area (Å²) in [6, 6.07) is 0. The third-order valence-electron chi connectivity index (χ3n) is 14.5. The van der Waals surface area contributed by atoms with Gasteiger partial charge in [-0.3, -0.25) is 9.59 Å². The minimum atomic E-state index is -1.51. The second-order valence-corrected chi connectivity index (χ2v) is 23.1. The first kappa shape index (κ1) is 71.0. The highest BCUT2D eigenvalue weighted by molar-refractivity contribution is 5.71. The van der Waals surface area contributed by atoms with Gasteiger partial charge in [-0.1, -0.05) is 283 Å². The predicted molar refractivity (Wildman–Crippen MR) is 309 cm³/mol. The molecule has 0 spiro atoms. The van der Waals surface area contributed by atoms with Crippen LogP contribution in [0.15, 0.2) is 12.2 Å². The zero-order valence-electron chi connectivity index (χ0n) is 49.3. The number of carboxylic acids is 1. The van der Waals surface area contributed by atoms with Crippen LogP contribution >= 0.6 is 0 Å². The molecule has 0 heterocycles. The van der Waals surface area contributed by atoms with Crippen molar-refractivity contribution in [1.29, 1.82) is 0 Å². The molecule has 0 rings (SSSR count). The van der Waals surface area contributed by atoms with E-state index in [1.807, 2.05) is 21.1 Å². The van der Waals surface area contributed by atoms with E-state index in [4.69, 9.17) is 18.9 Å². The van der Waals surface area contributed by atoms with Crippen molar-refractivity contribution in [1.82, 2.24) is 0 Å². The molecule has 0 bridgehead atoms. The number of unbranched alkanes of at least 4 members (excludes halogenated alkanes) is 43. The number of allylic oxidation sites excluding steroid dienone is 2. The monoisotopic (exact) mass is 1030 g/mol. The highest BCUT2D eigenvalue weighted by Gasteiger charge is 2.25. The van der Waals surface area contributed by atoms with Crippen molar-refractivity contribution in [2.45, 2.75) is 334 Å². The number of hydrogen-bond acceptors (Lipinski definition) is 7. The summed E-state index contributed by atoms with van der Waals surface area (Å²) in [5, 5.41) is 9.71. The molecule has 432 valence electrons. The lowest BCUT2D eigenvalue weighted by Gasteiger charge is -2.25. The Morgan fingerprint density at radius 3 is 1.01 bits per heavy atom. The van der Waals surface area contributed by atoms with Crippen LogP contribution in [-0.4, -0.2) is 87.4 Å². The smallest absolute Gasteiger partial charge is 0.361 e. The molecule has 0 aliphatic carbocycles. The van der Waals surface area contributed by atoms with Gasteiger partial charge in [0.2, 0.25) is 0 Å². The number of carboxylic acid groups (broad SMARTS) is 1. The van der Waals surface area contributed by atoms with Crippen LogP contribution in [0.1, 0.15) is 322 Å². The zero-order valence-corrected chi connectivity index (χ0v) is 49.3. The van der Waals surface area contributed by atoms with Crippen LogP contribution in [0.5, 0.6) is 0 Å². The van der Waals surface area contributed by atoms with E-state index in [0.717, 1.165) is 51.4 Å². The quantitative estimate of drug-likeness (QED) is 0.0211. The molecule has 2 unspecified atom stereocenters. The van der Waals surface area contributed by atoms with Gasteiger partial charge in [-0.2, -0.15) is 0 Å². The molecule has 0 radical (unpaired) electrons. The molecule has 0 aliphatic heterocycles. The predicted octanol–water partition coefficient (Wildman–Crippen LogP) is 18.9. The van der Waals surface area contributed by atoms with E-state index in [2.05, 4.69) is 26.0 Å². The van der Waals surface area contributed by atoms with Crippen LogP contribution in [-0.2, 0) is 33.3 Å². The summed E-state index contributed by atoms with van der Waals surface area (Å²) in [6.45, 7) is 4.93. The Morgan fingerprint density at radius 1 is 0.397 bits per heavy atom. The highest BCUT2D eigenvalue weighted by Crippen LogP contribution is 2.18. The van der Waals surface area contributed by atoms with Crippen molar-refractivity contribution >= 4 is 17.9 Å². The standard InChI is InChI=1S/C64H123NO8/c1-6-8-10-12-14-16-18-20-22-24-25-26-27-28-29-30-31-32-33-34-35-36-37-39-40-42-44-46-48-50-52-54-61(66)71-58-60(59-72-64(63(68)69)70-57-56-65(3,4)5)73-62(67)55-53-51-49-47-45-43-41-38-23-21-19-17-15-13-11-9-7-2/h21,23,60,64H,6-20,22,24-59H2,1-5H3/p+1/b23-21-. The molecular weight excluding hydrogens is 911 g/mol. The highest BCUT2D eigenvalue weighted by atomic mass is 16.7. The molecule has 0 aromatic rings. The number of ether oxygens (including phenoxy) is 4. The lowest BCUT2D eigenvalue weighted by Crippen LogP contribution is -2.40. The second-order valence-electron chi connectivity index (χ2n) is 23.1. The van der Waals surface area contributed by atoms with Gasteiger partial charge in [-0.15, -0.1) is 0 Å². The summed E-state index contributed by atoms with van der Waals surface area (Å²) >= 11 is 0. The molecule has 2 atom stereocenters. The van der Waals surface area contributed by atoms with Crippen LogP contribution < -0.4 is 0 Å². The SMILES string of the molecule is CCCCCCCC/C=C\CCCCCCCCCC(=O)OC(COC(=O)CCCCCCCCCCCCCCCCCCCCCCCCCCCCCCCCC)COC(OCC[N+](C)(C)C)C(=O)O. The Balaban J connectivity index is 4.04. The molecule has 0 saturated heterocycles. The lowest BCUT2D eigenvalue weighted by molar-refractivity contribution is -0.870. The van der Waals surface area contributed by atoms with E-state index in [-0.39, 0.29) is 32.2 Å². The van der Waals surface area contributed by atoms with Crippen molar-refractivity contribution in [2.24, 2.45) is 0 Å². The Hall–Kier alpha value is -1.97. The van der Waals surface area contributed by atoms with Gasteiger partial charge in [0, 0.05) is 12.8 Å². The van der Waals surface area contributed by atoms with Gasteiger partial charge in [-0.05, 0) is 38.5 Å². The summed E-state index contributed by atoms with van der Waals surface area (Å²) < 4.78 is 22.9. The molecule has 0 amide bonds. The molecule has 9 heteroatoms. The Morgan fingerprint density at radius 2 is 0.699 bits per heavy atom. The average molecular weight is 1040 g/mol. The Kier molecular flexibility index (Phi) is 54.7. The number of esters is 2. The first-order valence-electron chi connectivity index (χ1n) is 31.9. The second kappa shape index (κ2) is 56.2. The van der Waals surface area contributed by atoms with Crippen molar-refractivity contribution in [2.75, 3.05) is 47.5 Å². The number of rotatable bonds is 60. The average Bonchev–Trinajstić information content (AvgIpc) is 3.36. The van der Waals surface area contributed by atoms with Crippen LogP contribution in [0.4, 0.5) is 0 Å². The lowest BCUT2D eigenvalue weighted by atomic mass is 10.0. The van der Waals surface area contributed by atoms with Crippen molar-refractivity contribution < 1.29 is 42.9 Å². The zero-order chi connectivity index (χ0) is 53.4. The first-order valence-corrected chi connectivity index (χ1v) is 31.9. The maximum atomic E-state index is 12.9. The molecule has 73 heavy (non-hydrogen) atoms.